The van der Waals surface area contributed by atoms with Gasteiger partial charge in [0.2, 0.25) is 0 Å². The maximum atomic E-state index is 11.9. The minimum absolute atomic E-state index is 0.538. The van der Waals surface area contributed by atoms with Crippen molar-refractivity contribution < 1.29 is 0 Å². The number of nitriles is 2. The third-order valence-electron chi connectivity index (χ3n) is 15.1. The highest BCUT2D eigenvalue weighted by Crippen LogP contribution is 2.44. The predicted octanol–water partition coefficient (Wildman–Crippen LogP) is 18.1. The van der Waals surface area contributed by atoms with Crippen molar-refractivity contribution in [2.75, 3.05) is 0 Å². The molecule has 0 saturated heterocycles. The van der Waals surface area contributed by atoms with Gasteiger partial charge in [0.05, 0.1) is 45.1 Å². The zero-order valence-corrected chi connectivity index (χ0v) is 42.2. The van der Waals surface area contributed by atoms with Crippen LogP contribution in [-0.2, 0) is 0 Å². The van der Waals surface area contributed by atoms with Crippen molar-refractivity contribution in [2.24, 2.45) is 0 Å². The Bertz CT molecular complexity index is 4260. The molecule has 12 aromatic rings. The van der Waals surface area contributed by atoms with Gasteiger partial charge in [-0.2, -0.15) is 10.5 Å². The average molecular weight is 937 g/mol. The van der Waals surface area contributed by atoms with Gasteiger partial charge < -0.3 is 9.13 Å². The summed E-state index contributed by atoms with van der Waals surface area (Å²) in [5.74, 6) is 0. The molecule has 10 aromatic carbocycles. The van der Waals surface area contributed by atoms with Gasteiger partial charge in [0.25, 0.3) is 0 Å². The molecule has 0 atom stereocenters. The number of hydrogen-bond donors (Lipinski definition) is 0. The second kappa shape index (κ2) is 17.6. The fourth-order valence-electron chi connectivity index (χ4n) is 11.6. The lowest BCUT2D eigenvalue weighted by atomic mass is 9.95. The topological polar surface area (TPSA) is 57.4 Å². The van der Waals surface area contributed by atoms with Gasteiger partial charge in [-0.15, -0.1) is 0 Å². The Morgan fingerprint density at radius 2 is 0.699 bits per heavy atom. The molecule has 0 N–H and O–H groups in total. The smallest absolute Gasteiger partial charge is 0.104 e. The van der Waals surface area contributed by atoms with Crippen LogP contribution in [0.2, 0.25) is 0 Å². The van der Waals surface area contributed by atoms with Crippen LogP contribution in [-0.4, -0.2) is 9.13 Å². The largest absolute Gasteiger partial charge is 0.308 e. The molecule has 0 amide bonds. The molecule has 0 bridgehead atoms. The SMILES string of the molecule is Cc1ccc(-c2ccc3c(c2)c2cc(-c4ccccc4C)ccc2n3-c2cc(-c3cccc(C#N)c3)cc(-n3c4ccc(-c5ccc(C)cc5C)cc4c4cc(-c5ccc(C)cc5C)ccc43)c2C#N)c(C)c1. The van der Waals surface area contributed by atoms with Crippen molar-refractivity contribution in [2.45, 2.75) is 48.5 Å². The molecule has 4 nitrogen and oxygen atoms in total. The first-order chi connectivity index (χ1) is 35.5. The third-order valence-corrected chi connectivity index (χ3v) is 15.1. The van der Waals surface area contributed by atoms with E-state index in [1.54, 1.807) is 0 Å². The van der Waals surface area contributed by atoms with E-state index < -0.39 is 0 Å². The van der Waals surface area contributed by atoms with Crippen LogP contribution >= 0.6 is 0 Å². The van der Waals surface area contributed by atoms with E-state index in [2.05, 4.69) is 240 Å². The van der Waals surface area contributed by atoms with Gasteiger partial charge in [-0.25, -0.2) is 0 Å². The Hall–Kier alpha value is -9.22. The molecule has 0 aliphatic carbocycles. The molecule has 4 heteroatoms. The van der Waals surface area contributed by atoms with Crippen molar-refractivity contribution in [3.05, 3.63) is 238 Å². The number of fused-ring (bicyclic) bond motifs is 6. The summed E-state index contributed by atoms with van der Waals surface area (Å²) in [4.78, 5) is 0. The lowest BCUT2D eigenvalue weighted by molar-refractivity contribution is 1.12. The highest BCUT2D eigenvalue weighted by Gasteiger charge is 2.24. The normalized spacial score (nSPS) is 11.5. The van der Waals surface area contributed by atoms with Crippen LogP contribution < -0.4 is 0 Å². The highest BCUT2D eigenvalue weighted by atomic mass is 15.0. The Kier molecular flexibility index (Phi) is 10.8. The summed E-state index contributed by atoms with van der Waals surface area (Å²) in [6.45, 7) is 15.1. The fraction of sp³-hybridized carbons (Fsp3) is 0.101. The van der Waals surface area contributed by atoms with Crippen molar-refractivity contribution in [3.63, 3.8) is 0 Å². The first-order valence-corrected chi connectivity index (χ1v) is 25.0. The van der Waals surface area contributed by atoms with Crippen LogP contribution in [0.1, 0.15) is 50.1 Å². The molecule has 2 heterocycles. The van der Waals surface area contributed by atoms with E-state index in [1.165, 1.54) is 61.2 Å². The number of nitrogens with zero attached hydrogens (tertiary/aromatic N) is 4. The molecule has 0 spiro atoms. The van der Waals surface area contributed by atoms with Crippen LogP contribution in [0.5, 0.6) is 0 Å². The van der Waals surface area contributed by atoms with Gasteiger partial charge in [0.15, 0.2) is 0 Å². The van der Waals surface area contributed by atoms with E-state index >= 15 is 0 Å². The van der Waals surface area contributed by atoms with Crippen LogP contribution in [0.25, 0.3) is 111 Å². The molecular formula is C69H52N4. The van der Waals surface area contributed by atoms with Crippen LogP contribution in [0.15, 0.2) is 188 Å². The summed E-state index contributed by atoms with van der Waals surface area (Å²) < 4.78 is 4.59. The van der Waals surface area contributed by atoms with Crippen molar-refractivity contribution in [1.29, 1.82) is 10.5 Å². The van der Waals surface area contributed by atoms with Gasteiger partial charge in [0, 0.05) is 21.5 Å². The zero-order valence-electron chi connectivity index (χ0n) is 42.2. The number of aryl methyl sites for hydroxylation is 7. The van der Waals surface area contributed by atoms with Crippen LogP contribution in [0.4, 0.5) is 0 Å². The molecule has 0 radical (unpaired) electrons. The second-order valence-corrected chi connectivity index (χ2v) is 20.1. The maximum Gasteiger partial charge on any atom is 0.104 e. The summed E-state index contributed by atoms with van der Waals surface area (Å²) in [6.07, 6.45) is 0. The molecule has 12 rings (SSSR count). The molecule has 0 aliphatic rings. The second-order valence-electron chi connectivity index (χ2n) is 20.1. The van der Waals surface area contributed by atoms with Crippen LogP contribution in [0.3, 0.4) is 0 Å². The van der Waals surface area contributed by atoms with E-state index in [0.717, 1.165) is 88.4 Å². The molecule has 0 saturated carbocycles. The Balaban J connectivity index is 1.19. The summed E-state index contributed by atoms with van der Waals surface area (Å²) in [5.41, 5.74) is 26.3. The first kappa shape index (κ1) is 45.0. The Morgan fingerprint density at radius 1 is 0.301 bits per heavy atom. The molecule has 2 aromatic heterocycles. The van der Waals surface area contributed by atoms with Crippen LogP contribution in [0, 0.1) is 71.1 Å². The first-order valence-electron chi connectivity index (χ1n) is 25.0. The number of benzene rings is 10. The van der Waals surface area contributed by atoms with Gasteiger partial charge in [-0.1, -0.05) is 132 Å². The quantitative estimate of drug-likeness (QED) is 0.160. The van der Waals surface area contributed by atoms with Gasteiger partial charge in [0.1, 0.15) is 11.6 Å². The highest BCUT2D eigenvalue weighted by molar-refractivity contribution is 6.14. The van der Waals surface area contributed by atoms with E-state index in [4.69, 9.17) is 0 Å². The minimum atomic E-state index is 0.538. The molecule has 348 valence electrons. The Morgan fingerprint density at radius 3 is 1.07 bits per heavy atom. The summed E-state index contributed by atoms with van der Waals surface area (Å²) >= 11 is 0. The summed E-state index contributed by atoms with van der Waals surface area (Å²) in [5, 5.41) is 26.5. The lowest BCUT2D eigenvalue weighted by Gasteiger charge is -2.19. The van der Waals surface area contributed by atoms with Crippen molar-refractivity contribution >= 4 is 43.6 Å². The number of rotatable bonds is 7. The van der Waals surface area contributed by atoms with Crippen molar-refractivity contribution in [1.82, 2.24) is 9.13 Å². The lowest BCUT2D eigenvalue weighted by Crippen LogP contribution is -2.05. The van der Waals surface area contributed by atoms with Gasteiger partial charge in [-0.3, -0.25) is 0 Å². The predicted molar refractivity (Wildman–Crippen MR) is 305 cm³/mol. The summed E-state index contributed by atoms with van der Waals surface area (Å²) in [6, 6.07) is 72.9. The van der Waals surface area contributed by atoms with E-state index in [0.29, 0.717) is 11.1 Å². The molecule has 73 heavy (non-hydrogen) atoms. The van der Waals surface area contributed by atoms with Gasteiger partial charge in [-0.05, 0) is 199 Å². The number of aromatic nitrogens is 2. The van der Waals surface area contributed by atoms with E-state index in [9.17, 15) is 10.5 Å². The molecule has 0 fully saturated rings. The van der Waals surface area contributed by atoms with E-state index in [1.807, 2.05) is 18.2 Å². The van der Waals surface area contributed by atoms with Gasteiger partial charge >= 0.3 is 0 Å². The average Bonchev–Trinajstić information content (AvgIpc) is 3.90. The third kappa shape index (κ3) is 7.59. The Labute approximate surface area is 426 Å². The minimum Gasteiger partial charge on any atom is -0.308 e. The maximum absolute atomic E-state index is 11.9. The monoisotopic (exact) mass is 936 g/mol. The van der Waals surface area contributed by atoms with E-state index in [-0.39, 0.29) is 0 Å². The van der Waals surface area contributed by atoms with Crippen molar-refractivity contribution in [3.8, 4) is 79.1 Å². The molecular weight excluding hydrogens is 885 g/mol. The standard InChI is InChI=1S/C69H52N4/c1-41-15-22-56(45(5)29-41)51-19-26-65-60(34-51)59-33-50(55-14-9-8-11-44(55)4)18-25-64(59)72(65)68-37-54(49-13-10-12-48(32-49)39-70)38-69(63(68)40-71)73-66-27-20-52(57-23-16-42(2)30-46(57)6)35-61(66)62-36-53(21-28-67(62)73)58-24-17-43(3)31-47(58)7/h8-38H,1-7H3. The fourth-order valence-corrected chi connectivity index (χ4v) is 11.6. The molecule has 0 unspecified atom stereocenters. The number of hydrogen-bond acceptors (Lipinski definition) is 2. The summed E-state index contributed by atoms with van der Waals surface area (Å²) in [7, 11) is 0. The molecule has 0 aliphatic heterocycles. The zero-order chi connectivity index (χ0) is 50.2.